The Kier molecular flexibility index (Phi) is 7.05. The Balaban J connectivity index is 1.74. The van der Waals surface area contributed by atoms with Gasteiger partial charge in [-0.2, -0.15) is 0 Å². The molecule has 0 radical (unpaired) electrons. The van der Waals surface area contributed by atoms with Crippen LogP contribution in [0.2, 0.25) is 0 Å². The van der Waals surface area contributed by atoms with Gasteiger partial charge < -0.3 is 15.2 Å². The van der Waals surface area contributed by atoms with Gasteiger partial charge in [-0.25, -0.2) is 14.8 Å². The van der Waals surface area contributed by atoms with Crippen molar-refractivity contribution in [2.45, 2.75) is 27.2 Å². The van der Waals surface area contributed by atoms with Crippen molar-refractivity contribution in [1.82, 2.24) is 9.97 Å². The number of rotatable bonds is 9. The van der Waals surface area contributed by atoms with E-state index in [2.05, 4.69) is 24.1 Å². The maximum absolute atomic E-state index is 11.8. The number of nitrogens with one attached hydrogen (secondary N) is 1. The van der Waals surface area contributed by atoms with Gasteiger partial charge in [-0.05, 0) is 55.0 Å². The second-order valence-electron chi connectivity index (χ2n) is 7.85. The fraction of sp³-hybridized carbons (Fsp3) is 0.240. The van der Waals surface area contributed by atoms with Crippen LogP contribution in [0.4, 0.5) is 10.9 Å². The first kappa shape index (κ1) is 22.9. The van der Waals surface area contributed by atoms with Crippen LogP contribution in [-0.4, -0.2) is 27.7 Å². The van der Waals surface area contributed by atoms with E-state index >= 15 is 0 Å². The largest absolute Gasteiger partial charge is 0.494 e. The maximum atomic E-state index is 11.8. The number of aromatic nitrogens is 2. The number of pyridine rings is 1. The zero-order chi connectivity index (χ0) is 23.4. The van der Waals surface area contributed by atoms with E-state index in [9.17, 15) is 9.90 Å². The van der Waals surface area contributed by atoms with Crippen molar-refractivity contribution >= 4 is 39.6 Å². The van der Waals surface area contributed by atoms with Gasteiger partial charge in [0.2, 0.25) is 0 Å². The van der Waals surface area contributed by atoms with Crippen LogP contribution in [0.3, 0.4) is 0 Å². The number of carbonyl (C=O) groups is 1. The molecule has 0 atom stereocenters. The van der Waals surface area contributed by atoms with Crippen LogP contribution in [0.25, 0.3) is 21.8 Å². The molecule has 0 aliphatic carbocycles. The van der Waals surface area contributed by atoms with Crippen molar-refractivity contribution in [3.8, 4) is 27.6 Å². The van der Waals surface area contributed by atoms with Gasteiger partial charge in [0.05, 0.1) is 22.9 Å². The Hall–Kier alpha value is -3.23. The summed E-state index contributed by atoms with van der Waals surface area (Å²) in [5.41, 5.74) is 2.68. The second-order valence-corrected chi connectivity index (χ2v) is 9.88. The lowest BCUT2D eigenvalue weighted by molar-refractivity contribution is 0.0697. The molecule has 0 fully saturated rings. The number of anilines is 2. The van der Waals surface area contributed by atoms with Crippen LogP contribution in [0.1, 0.15) is 36.0 Å². The molecule has 33 heavy (non-hydrogen) atoms. The summed E-state index contributed by atoms with van der Waals surface area (Å²) < 4.78 is 5.67. The number of hydrogen-bond donors (Lipinski definition) is 2. The van der Waals surface area contributed by atoms with E-state index in [1.54, 1.807) is 23.5 Å². The summed E-state index contributed by atoms with van der Waals surface area (Å²) in [7, 11) is 0. The van der Waals surface area contributed by atoms with E-state index in [0.29, 0.717) is 17.7 Å². The number of thiophene rings is 1. The number of carboxylic acids is 1. The summed E-state index contributed by atoms with van der Waals surface area (Å²) >= 11 is 3.09. The number of ether oxygens (including phenoxy) is 1. The van der Waals surface area contributed by atoms with Gasteiger partial charge in [-0.1, -0.05) is 32.0 Å². The molecule has 0 spiro atoms. The highest BCUT2D eigenvalue weighted by molar-refractivity contribution is 7.16. The van der Waals surface area contributed by atoms with Crippen molar-refractivity contribution in [2.24, 2.45) is 5.92 Å². The monoisotopic (exact) mass is 479 g/mol. The van der Waals surface area contributed by atoms with E-state index in [0.717, 1.165) is 38.9 Å². The normalized spacial score (nSPS) is 11.0. The van der Waals surface area contributed by atoms with Gasteiger partial charge in [-0.15, -0.1) is 22.7 Å². The molecule has 0 unspecified atom stereocenters. The molecular formula is C25H25N3O3S2. The number of hydrogen-bond acceptors (Lipinski definition) is 7. The smallest absolute Gasteiger partial charge is 0.339 e. The minimum atomic E-state index is -1.04. The van der Waals surface area contributed by atoms with Crippen LogP contribution >= 0.6 is 22.7 Å². The molecule has 6 nitrogen and oxygen atoms in total. The Labute approximate surface area is 200 Å². The van der Waals surface area contributed by atoms with E-state index in [1.165, 1.54) is 11.3 Å². The lowest BCUT2D eigenvalue weighted by Crippen LogP contribution is -2.05. The molecule has 4 aromatic rings. The lowest BCUT2D eigenvalue weighted by atomic mass is 10.0. The van der Waals surface area contributed by atoms with Crippen LogP contribution < -0.4 is 10.1 Å². The summed E-state index contributed by atoms with van der Waals surface area (Å²) in [5.74, 6) is 0.493. The molecule has 8 heteroatoms. The number of benzene rings is 1. The van der Waals surface area contributed by atoms with Gasteiger partial charge in [0, 0.05) is 10.4 Å². The first-order valence-corrected chi connectivity index (χ1v) is 12.4. The van der Waals surface area contributed by atoms with Gasteiger partial charge in [0.1, 0.15) is 17.1 Å². The standard InChI is InChI=1S/C25H25N3O3S2/c1-4-31-17-8-5-7-16(14-17)22-21(13-15(2)3)33-25(27-22)28-23-18(24(29)30)10-11-19(26-23)20-9-6-12-32-20/h5-12,14-15H,4,13H2,1-3H3,(H,29,30)(H,26,27,28). The molecule has 0 aliphatic heterocycles. The van der Waals surface area contributed by atoms with Gasteiger partial charge in [0.15, 0.2) is 5.13 Å². The molecule has 0 saturated carbocycles. The fourth-order valence-corrected chi connectivity index (χ4v) is 5.32. The SMILES string of the molecule is CCOc1cccc(-c2nc(Nc3nc(-c4cccs4)ccc3C(=O)O)sc2CC(C)C)c1. The molecular weight excluding hydrogens is 454 g/mol. The van der Waals surface area contributed by atoms with E-state index in [4.69, 9.17) is 9.72 Å². The third-order valence-electron chi connectivity index (χ3n) is 4.83. The summed E-state index contributed by atoms with van der Waals surface area (Å²) in [5, 5.41) is 15.5. The molecule has 0 amide bonds. The molecule has 3 aromatic heterocycles. The fourth-order valence-electron chi connectivity index (χ4n) is 3.43. The third-order valence-corrected chi connectivity index (χ3v) is 6.72. The number of carboxylic acid groups (broad SMARTS) is 1. The molecule has 2 N–H and O–H groups in total. The highest BCUT2D eigenvalue weighted by Crippen LogP contribution is 2.36. The minimum Gasteiger partial charge on any atom is -0.494 e. The van der Waals surface area contributed by atoms with Gasteiger partial charge >= 0.3 is 5.97 Å². The average molecular weight is 480 g/mol. The first-order valence-electron chi connectivity index (χ1n) is 10.7. The molecule has 0 aliphatic rings. The van der Waals surface area contributed by atoms with Crippen molar-refractivity contribution in [1.29, 1.82) is 0 Å². The minimum absolute atomic E-state index is 0.107. The first-order chi connectivity index (χ1) is 15.9. The Bertz CT molecular complexity index is 1250. The van der Waals surface area contributed by atoms with Crippen LogP contribution in [0, 0.1) is 5.92 Å². The quantitative estimate of drug-likeness (QED) is 0.270. The lowest BCUT2D eigenvalue weighted by Gasteiger charge is -2.08. The molecule has 4 rings (SSSR count). The maximum Gasteiger partial charge on any atom is 0.339 e. The topological polar surface area (TPSA) is 84.3 Å². The predicted octanol–water partition coefficient (Wildman–Crippen LogP) is 6.97. The van der Waals surface area contributed by atoms with Crippen molar-refractivity contribution in [3.63, 3.8) is 0 Å². The van der Waals surface area contributed by atoms with E-state index in [-0.39, 0.29) is 11.4 Å². The molecule has 0 saturated heterocycles. The Morgan fingerprint density at radius 1 is 1.15 bits per heavy atom. The van der Waals surface area contributed by atoms with Crippen LogP contribution in [0.5, 0.6) is 5.75 Å². The molecule has 170 valence electrons. The van der Waals surface area contributed by atoms with Crippen molar-refractivity contribution in [2.75, 3.05) is 11.9 Å². The molecule has 3 heterocycles. The molecule has 0 bridgehead atoms. The Morgan fingerprint density at radius 2 is 2.00 bits per heavy atom. The van der Waals surface area contributed by atoms with Gasteiger partial charge in [0.25, 0.3) is 0 Å². The summed E-state index contributed by atoms with van der Waals surface area (Å²) in [6.07, 6.45) is 0.863. The average Bonchev–Trinajstić information content (AvgIpc) is 3.44. The van der Waals surface area contributed by atoms with E-state index < -0.39 is 5.97 Å². The zero-order valence-corrected chi connectivity index (χ0v) is 20.3. The summed E-state index contributed by atoms with van der Waals surface area (Å²) in [6.45, 7) is 6.89. The summed E-state index contributed by atoms with van der Waals surface area (Å²) in [4.78, 5) is 23.4. The highest BCUT2D eigenvalue weighted by Gasteiger charge is 2.19. The molecule has 1 aromatic carbocycles. The van der Waals surface area contributed by atoms with Crippen LogP contribution in [0.15, 0.2) is 53.9 Å². The summed E-state index contributed by atoms with van der Waals surface area (Å²) in [6, 6.07) is 15.1. The number of nitrogens with zero attached hydrogens (tertiary/aromatic N) is 2. The zero-order valence-electron chi connectivity index (χ0n) is 18.7. The van der Waals surface area contributed by atoms with Gasteiger partial charge in [-0.3, -0.25) is 0 Å². The predicted molar refractivity (Wildman–Crippen MR) is 135 cm³/mol. The second kappa shape index (κ2) is 10.1. The van der Waals surface area contributed by atoms with Crippen molar-refractivity contribution in [3.05, 3.63) is 64.4 Å². The third kappa shape index (κ3) is 5.40. The number of aromatic carboxylic acids is 1. The van der Waals surface area contributed by atoms with Crippen molar-refractivity contribution < 1.29 is 14.6 Å². The highest BCUT2D eigenvalue weighted by atomic mass is 32.1. The number of thiazole rings is 1. The Morgan fingerprint density at radius 3 is 2.70 bits per heavy atom. The van der Waals surface area contributed by atoms with E-state index in [1.807, 2.05) is 48.7 Å². The van der Waals surface area contributed by atoms with Crippen LogP contribution in [-0.2, 0) is 6.42 Å².